The van der Waals surface area contributed by atoms with Gasteiger partial charge in [0.2, 0.25) is 0 Å². The minimum absolute atomic E-state index is 0.488. The molecule has 1 saturated heterocycles. The van der Waals surface area contributed by atoms with Gasteiger partial charge in [-0.05, 0) is 49.3 Å². The van der Waals surface area contributed by atoms with Gasteiger partial charge < -0.3 is 10.4 Å². The quantitative estimate of drug-likeness (QED) is 0.795. The second kappa shape index (κ2) is 3.86. The molecule has 0 aromatic heterocycles. The number of piperidine rings is 1. The molecule has 1 heterocycles. The van der Waals surface area contributed by atoms with E-state index in [-0.39, 0.29) is 0 Å². The van der Waals surface area contributed by atoms with E-state index in [2.05, 4.69) is 29.6 Å². The van der Waals surface area contributed by atoms with Crippen LogP contribution < -0.4 is 5.32 Å². The Morgan fingerprint density at radius 2 is 2.19 bits per heavy atom. The van der Waals surface area contributed by atoms with Gasteiger partial charge in [0.25, 0.3) is 0 Å². The summed E-state index contributed by atoms with van der Waals surface area (Å²) >= 11 is 0. The molecule has 16 heavy (non-hydrogen) atoms. The van der Waals surface area contributed by atoms with Crippen molar-refractivity contribution in [3.8, 4) is 0 Å². The summed E-state index contributed by atoms with van der Waals surface area (Å²) in [4.78, 5) is 0. The number of hydrogen-bond acceptors (Lipinski definition) is 2. The van der Waals surface area contributed by atoms with Gasteiger partial charge in [-0.25, -0.2) is 0 Å². The summed E-state index contributed by atoms with van der Waals surface area (Å²) in [5.41, 5.74) is 2.03. The van der Waals surface area contributed by atoms with Crippen molar-refractivity contribution in [3.63, 3.8) is 0 Å². The molecule has 2 fully saturated rings. The lowest BCUT2D eigenvalue weighted by molar-refractivity contribution is 0.151. The van der Waals surface area contributed by atoms with Crippen LogP contribution in [0.4, 0.5) is 0 Å². The van der Waals surface area contributed by atoms with Crippen molar-refractivity contribution in [2.75, 3.05) is 13.1 Å². The van der Waals surface area contributed by atoms with Gasteiger partial charge in [-0.15, -0.1) is 0 Å². The molecule has 1 aliphatic heterocycles. The van der Waals surface area contributed by atoms with Crippen LogP contribution >= 0.6 is 0 Å². The first-order valence-corrected chi connectivity index (χ1v) is 6.31. The third-order valence-electron chi connectivity index (χ3n) is 3.92. The molecule has 0 radical (unpaired) electrons. The fourth-order valence-electron chi connectivity index (χ4n) is 2.63. The third-order valence-corrected chi connectivity index (χ3v) is 3.92. The largest absolute Gasteiger partial charge is 0.385 e. The molecule has 0 spiro atoms. The third kappa shape index (κ3) is 1.87. The molecule has 1 aliphatic carbocycles. The Kier molecular flexibility index (Phi) is 2.49. The Labute approximate surface area is 96.7 Å². The van der Waals surface area contributed by atoms with Gasteiger partial charge in [0.15, 0.2) is 0 Å². The summed E-state index contributed by atoms with van der Waals surface area (Å²) in [5, 5.41) is 13.6. The van der Waals surface area contributed by atoms with Crippen molar-refractivity contribution < 1.29 is 5.11 Å². The first-order chi connectivity index (χ1) is 7.78. The van der Waals surface area contributed by atoms with Crippen molar-refractivity contribution in [1.82, 2.24) is 5.32 Å². The van der Waals surface area contributed by atoms with Gasteiger partial charge in [-0.2, -0.15) is 0 Å². The zero-order valence-corrected chi connectivity index (χ0v) is 9.58. The summed E-state index contributed by atoms with van der Waals surface area (Å²) in [6.07, 6.45) is 4.40. The Balaban J connectivity index is 1.84. The predicted octanol–water partition coefficient (Wildman–Crippen LogP) is 2.13. The van der Waals surface area contributed by atoms with Crippen molar-refractivity contribution >= 4 is 0 Å². The van der Waals surface area contributed by atoms with Crippen molar-refractivity contribution in [1.29, 1.82) is 0 Å². The van der Waals surface area contributed by atoms with Crippen LogP contribution in [0.3, 0.4) is 0 Å². The second-order valence-electron chi connectivity index (χ2n) is 5.20. The van der Waals surface area contributed by atoms with Crippen molar-refractivity contribution in [2.45, 2.75) is 37.2 Å². The highest BCUT2D eigenvalue weighted by Gasteiger charge is 2.42. The standard InChI is InChI=1S/C14H19NO/c16-14(6-7-14)13-5-1-3-11(9-13)12-4-2-8-15-10-12/h1,3,5,9,12,15-16H,2,4,6-8,10H2. The average Bonchev–Trinajstić information content (AvgIpc) is 3.10. The summed E-state index contributed by atoms with van der Waals surface area (Å²) in [5.74, 6) is 0.635. The van der Waals surface area contributed by atoms with Crippen LogP contribution in [0.2, 0.25) is 0 Å². The van der Waals surface area contributed by atoms with Crippen LogP contribution in [0, 0.1) is 0 Å². The number of hydrogen-bond donors (Lipinski definition) is 2. The fraction of sp³-hybridized carbons (Fsp3) is 0.571. The molecule has 86 valence electrons. The maximum atomic E-state index is 10.1. The molecule has 1 unspecified atom stereocenters. The maximum Gasteiger partial charge on any atom is 0.0899 e. The lowest BCUT2D eigenvalue weighted by atomic mass is 9.90. The summed E-state index contributed by atoms with van der Waals surface area (Å²) < 4.78 is 0. The number of aliphatic hydroxyl groups is 1. The SMILES string of the molecule is OC1(c2cccc(C3CCCNC3)c2)CC1. The van der Waals surface area contributed by atoms with Crippen molar-refractivity contribution in [2.24, 2.45) is 0 Å². The minimum atomic E-state index is -0.488. The fourth-order valence-corrected chi connectivity index (χ4v) is 2.63. The monoisotopic (exact) mass is 217 g/mol. The Hall–Kier alpha value is -0.860. The molecule has 0 amide bonds. The Morgan fingerprint density at radius 3 is 2.88 bits per heavy atom. The molecule has 2 nitrogen and oxygen atoms in total. The maximum absolute atomic E-state index is 10.1. The van der Waals surface area contributed by atoms with Crippen LogP contribution in [0.1, 0.15) is 42.7 Å². The Bertz CT molecular complexity index is 378. The molecule has 3 rings (SSSR count). The topological polar surface area (TPSA) is 32.3 Å². The van der Waals surface area contributed by atoms with Gasteiger partial charge in [0.1, 0.15) is 0 Å². The minimum Gasteiger partial charge on any atom is -0.385 e. The average molecular weight is 217 g/mol. The summed E-state index contributed by atoms with van der Waals surface area (Å²) in [6.45, 7) is 2.24. The van der Waals surface area contributed by atoms with E-state index in [4.69, 9.17) is 0 Å². The van der Waals surface area contributed by atoms with Crippen LogP contribution in [-0.2, 0) is 5.60 Å². The van der Waals surface area contributed by atoms with Gasteiger partial charge in [0, 0.05) is 6.54 Å². The van der Waals surface area contributed by atoms with Crippen LogP contribution in [0.25, 0.3) is 0 Å². The Morgan fingerprint density at radius 1 is 1.31 bits per heavy atom. The van der Waals surface area contributed by atoms with E-state index < -0.39 is 5.60 Å². The molecular weight excluding hydrogens is 198 g/mol. The van der Waals surface area contributed by atoms with Gasteiger partial charge in [-0.3, -0.25) is 0 Å². The van der Waals surface area contributed by atoms with Gasteiger partial charge >= 0.3 is 0 Å². The van der Waals surface area contributed by atoms with E-state index >= 15 is 0 Å². The van der Waals surface area contributed by atoms with Crippen LogP contribution in [-0.4, -0.2) is 18.2 Å². The zero-order valence-electron chi connectivity index (χ0n) is 9.58. The lowest BCUT2D eigenvalue weighted by Gasteiger charge is -2.24. The molecule has 1 aromatic carbocycles. The van der Waals surface area contributed by atoms with E-state index in [1.54, 1.807) is 0 Å². The van der Waals surface area contributed by atoms with Gasteiger partial charge in [0.05, 0.1) is 5.60 Å². The summed E-state index contributed by atoms with van der Waals surface area (Å²) in [7, 11) is 0. The molecule has 1 saturated carbocycles. The van der Waals surface area contributed by atoms with E-state index in [9.17, 15) is 5.11 Å². The first kappa shape index (κ1) is 10.3. The highest BCUT2D eigenvalue weighted by molar-refractivity contribution is 5.33. The number of nitrogens with one attached hydrogen (secondary N) is 1. The van der Waals surface area contributed by atoms with E-state index in [0.29, 0.717) is 5.92 Å². The molecule has 0 bridgehead atoms. The predicted molar refractivity (Wildman–Crippen MR) is 64.4 cm³/mol. The highest BCUT2D eigenvalue weighted by atomic mass is 16.3. The van der Waals surface area contributed by atoms with Crippen LogP contribution in [0.5, 0.6) is 0 Å². The molecule has 2 aliphatic rings. The van der Waals surface area contributed by atoms with E-state index in [0.717, 1.165) is 31.5 Å². The number of rotatable bonds is 2. The first-order valence-electron chi connectivity index (χ1n) is 6.31. The summed E-state index contributed by atoms with van der Waals surface area (Å²) in [6, 6.07) is 8.57. The molecule has 1 aromatic rings. The molecule has 1 atom stereocenters. The highest BCUT2D eigenvalue weighted by Crippen LogP contribution is 2.45. The van der Waals surface area contributed by atoms with Crippen LogP contribution in [0.15, 0.2) is 24.3 Å². The number of benzene rings is 1. The van der Waals surface area contributed by atoms with Crippen molar-refractivity contribution in [3.05, 3.63) is 35.4 Å². The zero-order chi connectivity index (χ0) is 11.0. The molecule has 2 N–H and O–H groups in total. The molecular formula is C14H19NO. The van der Waals surface area contributed by atoms with E-state index in [1.165, 1.54) is 18.4 Å². The van der Waals surface area contributed by atoms with E-state index in [1.807, 2.05) is 0 Å². The molecule has 2 heteroatoms. The lowest BCUT2D eigenvalue weighted by Crippen LogP contribution is -2.28. The van der Waals surface area contributed by atoms with Gasteiger partial charge in [-0.1, -0.05) is 24.3 Å². The smallest absolute Gasteiger partial charge is 0.0899 e. The second-order valence-corrected chi connectivity index (χ2v) is 5.20. The normalized spacial score (nSPS) is 27.7.